The third-order valence-electron chi connectivity index (χ3n) is 3.40. The molecule has 0 saturated carbocycles. The number of oxazole rings is 1. The monoisotopic (exact) mass is 308 g/mol. The highest BCUT2D eigenvalue weighted by Crippen LogP contribution is 2.22. The summed E-state index contributed by atoms with van der Waals surface area (Å²) in [4.78, 5) is 20.5. The molecule has 0 aliphatic carbocycles. The SMILES string of the molecule is Cc1ccc(C(=O)OCc2nc(-c3ccccc3)oc2C)cn1. The number of carbonyl (C=O) groups excluding carboxylic acids is 1. The molecule has 2 aromatic heterocycles. The lowest BCUT2D eigenvalue weighted by Crippen LogP contribution is -2.06. The second-order valence-electron chi connectivity index (χ2n) is 5.15. The number of benzene rings is 1. The summed E-state index contributed by atoms with van der Waals surface area (Å²) in [6.07, 6.45) is 1.50. The van der Waals surface area contributed by atoms with Gasteiger partial charge in [0.1, 0.15) is 18.1 Å². The lowest BCUT2D eigenvalue weighted by atomic mass is 10.2. The van der Waals surface area contributed by atoms with Crippen LogP contribution in [0.4, 0.5) is 0 Å². The molecule has 0 bridgehead atoms. The summed E-state index contributed by atoms with van der Waals surface area (Å²) >= 11 is 0. The van der Waals surface area contributed by atoms with Gasteiger partial charge in [-0.25, -0.2) is 9.78 Å². The molecule has 0 unspecified atom stereocenters. The van der Waals surface area contributed by atoms with Gasteiger partial charge in [0.2, 0.25) is 5.89 Å². The van der Waals surface area contributed by atoms with E-state index in [-0.39, 0.29) is 6.61 Å². The van der Waals surface area contributed by atoms with Crippen LogP contribution in [0.5, 0.6) is 0 Å². The summed E-state index contributed by atoms with van der Waals surface area (Å²) in [5, 5.41) is 0. The highest BCUT2D eigenvalue weighted by atomic mass is 16.5. The maximum atomic E-state index is 12.0. The number of aryl methyl sites for hydroxylation is 2. The Kier molecular flexibility index (Phi) is 4.19. The summed E-state index contributed by atoms with van der Waals surface area (Å²) in [5.41, 5.74) is 2.76. The predicted molar refractivity (Wildman–Crippen MR) is 84.8 cm³/mol. The predicted octanol–water partition coefficient (Wildman–Crippen LogP) is 3.71. The van der Waals surface area contributed by atoms with Gasteiger partial charge in [0.15, 0.2) is 0 Å². The smallest absolute Gasteiger partial charge is 0.340 e. The molecular weight excluding hydrogens is 292 g/mol. The number of pyridine rings is 1. The highest BCUT2D eigenvalue weighted by molar-refractivity contribution is 5.88. The average Bonchev–Trinajstić information content (AvgIpc) is 2.95. The quantitative estimate of drug-likeness (QED) is 0.687. The molecule has 0 fully saturated rings. The lowest BCUT2D eigenvalue weighted by Gasteiger charge is -2.03. The van der Waals surface area contributed by atoms with Crippen molar-refractivity contribution in [3.05, 3.63) is 71.4 Å². The van der Waals surface area contributed by atoms with E-state index in [1.165, 1.54) is 6.20 Å². The average molecular weight is 308 g/mol. The Bertz CT molecular complexity index is 808. The zero-order valence-corrected chi connectivity index (χ0v) is 12.9. The van der Waals surface area contributed by atoms with E-state index in [1.807, 2.05) is 37.3 Å². The van der Waals surface area contributed by atoms with Crippen molar-refractivity contribution in [3.63, 3.8) is 0 Å². The van der Waals surface area contributed by atoms with Gasteiger partial charge >= 0.3 is 5.97 Å². The Morgan fingerprint density at radius 2 is 1.91 bits per heavy atom. The maximum absolute atomic E-state index is 12.0. The molecule has 5 nitrogen and oxygen atoms in total. The zero-order chi connectivity index (χ0) is 16.2. The van der Waals surface area contributed by atoms with Crippen LogP contribution in [0.25, 0.3) is 11.5 Å². The molecule has 1 aromatic carbocycles. The first-order valence-corrected chi connectivity index (χ1v) is 7.25. The van der Waals surface area contributed by atoms with Crippen molar-refractivity contribution in [1.82, 2.24) is 9.97 Å². The Hall–Kier alpha value is -2.95. The molecular formula is C18H16N2O3. The number of hydrogen-bond donors (Lipinski definition) is 0. The van der Waals surface area contributed by atoms with Gasteiger partial charge < -0.3 is 9.15 Å². The maximum Gasteiger partial charge on any atom is 0.340 e. The normalized spacial score (nSPS) is 10.5. The molecule has 0 aliphatic rings. The van der Waals surface area contributed by atoms with Crippen molar-refractivity contribution in [2.24, 2.45) is 0 Å². The van der Waals surface area contributed by atoms with Gasteiger partial charge in [-0.1, -0.05) is 18.2 Å². The van der Waals surface area contributed by atoms with E-state index in [1.54, 1.807) is 19.1 Å². The standard InChI is InChI=1S/C18H16N2O3/c1-12-8-9-15(10-19-12)18(21)22-11-16-13(2)23-17(20-16)14-6-4-3-5-7-14/h3-10H,11H2,1-2H3. The molecule has 0 spiro atoms. The molecule has 0 atom stereocenters. The van der Waals surface area contributed by atoms with Crippen LogP contribution in [0, 0.1) is 13.8 Å². The van der Waals surface area contributed by atoms with Crippen molar-refractivity contribution in [3.8, 4) is 11.5 Å². The third kappa shape index (κ3) is 3.45. The van der Waals surface area contributed by atoms with Crippen molar-refractivity contribution in [2.45, 2.75) is 20.5 Å². The van der Waals surface area contributed by atoms with E-state index in [0.29, 0.717) is 22.9 Å². The van der Waals surface area contributed by atoms with Crippen molar-refractivity contribution >= 4 is 5.97 Å². The number of esters is 1. The molecule has 5 heteroatoms. The van der Waals surface area contributed by atoms with E-state index in [4.69, 9.17) is 9.15 Å². The van der Waals surface area contributed by atoms with E-state index >= 15 is 0 Å². The Morgan fingerprint density at radius 3 is 2.61 bits per heavy atom. The number of nitrogens with zero attached hydrogens (tertiary/aromatic N) is 2. The fraction of sp³-hybridized carbons (Fsp3) is 0.167. The van der Waals surface area contributed by atoms with E-state index in [9.17, 15) is 4.79 Å². The molecule has 0 radical (unpaired) electrons. The van der Waals surface area contributed by atoms with E-state index in [0.717, 1.165) is 11.3 Å². The molecule has 0 N–H and O–H groups in total. The second-order valence-corrected chi connectivity index (χ2v) is 5.15. The first-order valence-electron chi connectivity index (χ1n) is 7.25. The summed E-state index contributed by atoms with van der Waals surface area (Å²) in [6.45, 7) is 3.73. The first-order chi connectivity index (χ1) is 11.1. The summed E-state index contributed by atoms with van der Waals surface area (Å²) in [5.74, 6) is 0.728. The van der Waals surface area contributed by atoms with Gasteiger partial charge in [-0.05, 0) is 38.1 Å². The van der Waals surface area contributed by atoms with Crippen molar-refractivity contribution in [1.29, 1.82) is 0 Å². The molecule has 116 valence electrons. The van der Waals surface area contributed by atoms with Crippen LogP contribution in [0.3, 0.4) is 0 Å². The van der Waals surface area contributed by atoms with Crippen molar-refractivity contribution in [2.75, 3.05) is 0 Å². The molecule has 3 rings (SSSR count). The van der Waals surface area contributed by atoms with Crippen LogP contribution in [0.1, 0.15) is 27.5 Å². The zero-order valence-electron chi connectivity index (χ0n) is 12.9. The summed E-state index contributed by atoms with van der Waals surface area (Å²) in [7, 11) is 0. The highest BCUT2D eigenvalue weighted by Gasteiger charge is 2.14. The molecule has 3 aromatic rings. The Balaban J connectivity index is 1.70. The molecule has 23 heavy (non-hydrogen) atoms. The first kappa shape index (κ1) is 15.0. The van der Waals surface area contributed by atoms with Gasteiger partial charge in [0.25, 0.3) is 0 Å². The van der Waals surface area contributed by atoms with Gasteiger partial charge in [0.05, 0.1) is 5.56 Å². The number of carbonyl (C=O) groups is 1. The van der Waals surface area contributed by atoms with Crippen LogP contribution in [0.2, 0.25) is 0 Å². The van der Waals surface area contributed by atoms with Crippen LogP contribution >= 0.6 is 0 Å². The topological polar surface area (TPSA) is 65.2 Å². The minimum Gasteiger partial charge on any atom is -0.455 e. The second kappa shape index (κ2) is 6.44. The summed E-state index contributed by atoms with van der Waals surface area (Å²) in [6, 6.07) is 13.1. The minimum atomic E-state index is -0.429. The number of aromatic nitrogens is 2. The van der Waals surface area contributed by atoms with Crippen molar-refractivity contribution < 1.29 is 13.9 Å². The van der Waals surface area contributed by atoms with Crippen LogP contribution in [-0.2, 0) is 11.3 Å². The van der Waals surface area contributed by atoms with Crippen LogP contribution < -0.4 is 0 Å². The summed E-state index contributed by atoms with van der Waals surface area (Å²) < 4.78 is 10.9. The fourth-order valence-corrected chi connectivity index (χ4v) is 2.07. The minimum absolute atomic E-state index is 0.0644. The largest absolute Gasteiger partial charge is 0.455 e. The third-order valence-corrected chi connectivity index (χ3v) is 3.40. The molecule has 0 amide bonds. The van der Waals surface area contributed by atoms with Gasteiger partial charge in [-0.2, -0.15) is 0 Å². The van der Waals surface area contributed by atoms with E-state index < -0.39 is 5.97 Å². The van der Waals surface area contributed by atoms with Crippen LogP contribution in [0.15, 0.2) is 53.1 Å². The lowest BCUT2D eigenvalue weighted by molar-refractivity contribution is 0.0466. The number of rotatable bonds is 4. The Morgan fingerprint density at radius 1 is 1.13 bits per heavy atom. The molecule has 0 aliphatic heterocycles. The number of hydrogen-bond acceptors (Lipinski definition) is 5. The van der Waals surface area contributed by atoms with Gasteiger partial charge in [-0.15, -0.1) is 0 Å². The van der Waals surface area contributed by atoms with Gasteiger partial charge in [0, 0.05) is 17.5 Å². The van der Waals surface area contributed by atoms with Gasteiger partial charge in [-0.3, -0.25) is 4.98 Å². The molecule has 0 saturated heterocycles. The molecule has 2 heterocycles. The number of ether oxygens (including phenoxy) is 1. The van der Waals surface area contributed by atoms with E-state index in [2.05, 4.69) is 9.97 Å². The van der Waals surface area contributed by atoms with Crippen LogP contribution in [-0.4, -0.2) is 15.9 Å². The Labute approximate surface area is 134 Å². The fourth-order valence-electron chi connectivity index (χ4n) is 2.07.